The number of nitrogens with one attached hydrogen (secondary N) is 2. The van der Waals surface area contributed by atoms with Gasteiger partial charge in [-0.15, -0.1) is 11.3 Å². The summed E-state index contributed by atoms with van der Waals surface area (Å²) in [6, 6.07) is 8.14. The summed E-state index contributed by atoms with van der Waals surface area (Å²) < 4.78 is 0. The summed E-state index contributed by atoms with van der Waals surface area (Å²) in [4.78, 5) is 16.7. The highest BCUT2D eigenvalue weighted by Gasteiger charge is 2.07. The van der Waals surface area contributed by atoms with Crippen LogP contribution < -0.4 is 10.6 Å². The van der Waals surface area contributed by atoms with Gasteiger partial charge in [0.15, 0.2) is 0 Å². The number of anilines is 1. The molecule has 0 saturated heterocycles. The molecule has 1 aromatic carbocycles. The van der Waals surface area contributed by atoms with Crippen molar-refractivity contribution in [2.75, 3.05) is 5.32 Å². The van der Waals surface area contributed by atoms with Crippen LogP contribution in [0.5, 0.6) is 0 Å². The van der Waals surface area contributed by atoms with Gasteiger partial charge in [0.2, 0.25) is 5.91 Å². The Bertz CT molecular complexity index is 609. The molecule has 0 aliphatic heterocycles. The number of carbonyl (C=O) groups excluding carboxylic acids is 1. The zero-order chi connectivity index (χ0) is 15.2. The summed E-state index contributed by atoms with van der Waals surface area (Å²) in [6.07, 6.45) is 2.93. The molecule has 1 atom stereocenters. The molecule has 0 saturated carbocycles. The van der Waals surface area contributed by atoms with E-state index in [-0.39, 0.29) is 11.9 Å². The van der Waals surface area contributed by atoms with Crippen molar-refractivity contribution in [3.8, 4) is 0 Å². The van der Waals surface area contributed by atoms with Gasteiger partial charge in [0.1, 0.15) is 0 Å². The van der Waals surface area contributed by atoms with Crippen LogP contribution in [0.4, 0.5) is 5.69 Å². The van der Waals surface area contributed by atoms with Crippen molar-refractivity contribution >= 4 is 22.9 Å². The zero-order valence-electron chi connectivity index (χ0n) is 12.6. The van der Waals surface area contributed by atoms with E-state index in [4.69, 9.17) is 0 Å². The Kier molecular flexibility index (Phi) is 5.47. The number of carbonyl (C=O) groups is 1. The van der Waals surface area contributed by atoms with Crippen LogP contribution >= 0.6 is 11.3 Å². The first-order valence-electron chi connectivity index (χ1n) is 7.13. The molecule has 112 valence electrons. The van der Waals surface area contributed by atoms with E-state index in [0.29, 0.717) is 0 Å². The largest absolute Gasteiger partial charge is 0.326 e. The van der Waals surface area contributed by atoms with E-state index in [1.54, 1.807) is 11.3 Å². The maximum atomic E-state index is 11.1. The molecule has 1 aromatic heterocycles. The van der Waals surface area contributed by atoms with E-state index in [0.717, 1.165) is 24.2 Å². The molecule has 0 bridgehead atoms. The first-order valence-corrected chi connectivity index (χ1v) is 7.94. The third-order valence-electron chi connectivity index (χ3n) is 3.19. The number of aromatic nitrogens is 1. The van der Waals surface area contributed by atoms with Crippen molar-refractivity contribution in [2.45, 2.75) is 39.8 Å². The van der Waals surface area contributed by atoms with Crippen molar-refractivity contribution in [3.05, 3.63) is 45.9 Å². The van der Waals surface area contributed by atoms with Crippen LogP contribution in [0.3, 0.4) is 0 Å². The van der Waals surface area contributed by atoms with Crippen LogP contribution in [0.25, 0.3) is 0 Å². The Labute approximate surface area is 129 Å². The maximum Gasteiger partial charge on any atom is 0.221 e. The van der Waals surface area contributed by atoms with Gasteiger partial charge in [0, 0.05) is 36.3 Å². The highest BCUT2D eigenvalue weighted by Crippen LogP contribution is 2.19. The average molecular weight is 303 g/mol. The smallest absolute Gasteiger partial charge is 0.221 e. The molecule has 0 spiro atoms. The van der Waals surface area contributed by atoms with Crippen LogP contribution in [-0.4, -0.2) is 10.9 Å². The van der Waals surface area contributed by atoms with Crippen LogP contribution in [-0.2, 0) is 17.8 Å². The summed E-state index contributed by atoms with van der Waals surface area (Å²) >= 11 is 1.75. The summed E-state index contributed by atoms with van der Waals surface area (Å²) in [5.74, 6) is -0.0514. The first kappa shape index (κ1) is 15.7. The molecular formula is C16H21N3OS. The Morgan fingerprint density at radius 1 is 1.43 bits per heavy atom. The minimum atomic E-state index is -0.0514. The number of aryl methyl sites for hydroxylation is 1. The van der Waals surface area contributed by atoms with Gasteiger partial charge in [-0.2, -0.15) is 0 Å². The molecule has 0 aliphatic rings. The number of benzene rings is 1. The lowest BCUT2D eigenvalue weighted by Crippen LogP contribution is -2.17. The van der Waals surface area contributed by atoms with Gasteiger partial charge in [-0.05, 0) is 31.0 Å². The van der Waals surface area contributed by atoms with Crippen molar-refractivity contribution < 1.29 is 4.79 Å². The molecule has 21 heavy (non-hydrogen) atoms. The standard InChI is InChI=1S/C16H21N3OS/c1-4-16-18-10-15(21-16)9-17-11(2)13-6-5-7-14(8-13)19-12(3)20/h5-8,10-11,17H,4,9H2,1-3H3,(H,19,20). The van der Waals surface area contributed by atoms with Gasteiger partial charge < -0.3 is 10.6 Å². The molecule has 5 heteroatoms. The molecule has 1 heterocycles. The number of amides is 1. The number of nitrogens with zero attached hydrogens (tertiary/aromatic N) is 1. The van der Waals surface area contributed by atoms with E-state index >= 15 is 0 Å². The Morgan fingerprint density at radius 3 is 2.90 bits per heavy atom. The lowest BCUT2D eigenvalue weighted by atomic mass is 10.1. The Hall–Kier alpha value is -1.72. The monoisotopic (exact) mass is 303 g/mol. The third-order valence-corrected chi connectivity index (χ3v) is 4.34. The second kappa shape index (κ2) is 7.33. The summed E-state index contributed by atoms with van der Waals surface area (Å²) in [6.45, 7) is 6.56. The fraction of sp³-hybridized carbons (Fsp3) is 0.375. The molecule has 2 N–H and O–H groups in total. The Balaban J connectivity index is 1.96. The molecule has 1 amide bonds. The van der Waals surface area contributed by atoms with Gasteiger partial charge in [-0.1, -0.05) is 19.1 Å². The lowest BCUT2D eigenvalue weighted by molar-refractivity contribution is -0.114. The van der Waals surface area contributed by atoms with Crippen LogP contribution in [0.1, 0.15) is 42.3 Å². The Morgan fingerprint density at radius 2 is 2.24 bits per heavy atom. The van der Waals surface area contributed by atoms with E-state index in [2.05, 4.69) is 35.5 Å². The normalized spacial score (nSPS) is 12.1. The first-order chi connectivity index (χ1) is 10.1. The van der Waals surface area contributed by atoms with Crippen LogP contribution in [0, 0.1) is 0 Å². The van der Waals surface area contributed by atoms with Crippen molar-refractivity contribution in [1.29, 1.82) is 0 Å². The third kappa shape index (κ3) is 4.65. The number of thiazole rings is 1. The van der Waals surface area contributed by atoms with Crippen LogP contribution in [0.2, 0.25) is 0 Å². The molecule has 0 radical (unpaired) electrons. The maximum absolute atomic E-state index is 11.1. The second-order valence-corrected chi connectivity index (χ2v) is 6.18. The average Bonchev–Trinajstić information content (AvgIpc) is 2.92. The van der Waals surface area contributed by atoms with Crippen molar-refractivity contribution in [1.82, 2.24) is 10.3 Å². The van der Waals surface area contributed by atoms with E-state index < -0.39 is 0 Å². The van der Waals surface area contributed by atoms with Gasteiger partial charge >= 0.3 is 0 Å². The van der Waals surface area contributed by atoms with E-state index in [9.17, 15) is 4.79 Å². The predicted molar refractivity (Wildman–Crippen MR) is 87.5 cm³/mol. The minimum absolute atomic E-state index is 0.0514. The van der Waals surface area contributed by atoms with Gasteiger partial charge in [0.05, 0.1) is 5.01 Å². The van der Waals surface area contributed by atoms with Gasteiger partial charge in [-0.3, -0.25) is 4.79 Å². The van der Waals surface area contributed by atoms with Crippen LogP contribution in [0.15, 0.2) is 30.5 Å². The number of hydrogen-bond donors (Lipinski definition) is 2. The molecule has 4 nitrogen and oxygen atoms in total. The number of hydrogen-bond acceptors (Lipinski definition) is 4. The minimum Gasteiger partial charge on any atom is -0.326 e. The highest BCUT2D eigenvalue weighted by molar-refractivity contribution is 7.11. The van der Waals surface area contributed by atoms with E-state index in [1.807, 2.05) is 24.4 Å². The second-order valence-electron chi connectivity index (χ2n) is 4.98. The molecule has 0 fully saturated rings. The SMILES string of the molecule is CCc1ncc(CNC(C)c2cccc(NC(C)=O)c2)s1. The molecule has 1 unspecified atom stereocenters. The van der Waals surface area contributed by atoms with Gasteiger partial charge in [0.25, 0.3) is 0 Å². The fourth-order valence-electron chi connectivity index (χ4n) is 2.05. The number of rotatable bonds is 6. The lowest BCUT2D eigenvalue weighted by Gasteiger charge is -2.14. The van der Waals surface area contributed by atoms with Gasteiger partial charge in [-0.25, -0.2) is 4.98 Å². The molecule has 2 rings (SSSR count). The summed E-state index contributed by atoms with van der Waals surface area (Å²) in [5, 5.41) is 7.47. The molecule has 0 aliphatic carbocycles. The molecular weight excluding hydrogens is 282 g/mol. The zero-order valence-corrected chi connectivity index (χ0v) is 13.5. The summed E-state index contributed by atoms with van der Waals surface area (Å²) in [7, 11) is 0. The fourth-order valence-corrected chi connectivity index (χ4v) is 2.87. The molecule has 2 aromatic rings. The van der Waals surface area contributed by atoms with E-state index in [1.165, 1.54) is 16.8 Å². The highest BCUT2D eigenvalue weighted by atomic mass is 32.1. The predicted octanol–water partition coefficient (Wildman–Crippen LogP) is 3.51. The van der Waals surface area contributed by atoms with Crippen molar-refractivity contribution in [2.24, 2.45) is 0 Å². The quantitative estimate of drug-likeness (QED) is 0.858. The van der Waals surface area contributed by atoms with Crippen molar-refractivity contribution in [3.63, 3.8) is 0 Å². The topological polar surface area (TPSA) is 54.0 Å². The summed E-state index contributed by atoms with van der Waals surface area (Å²) in [5.41, 5.74) is 1.99.